The van der Waals surface area contributed by atoms with Crippen LogP contribution < -0.4 is 11.5 Å². The number of hydrogen-bond acceptors (Lipinski definition) is 6. The van der Waals surface area contributed by atoms with Crippen LogP contribution in [0.1, 0.15) is 47.1 Å². The highest BCUT2D eigenvalue weighted by Gasteiger charge is 2.32. The summed E-state index contributed by atoms with van der Waals surface area (Å²) in [5, 5.41) is 9.18. The summed E-state index contributed by atoms with van der Waals surface area (Å²) in [6, 6.07) is 5.46. The minimum absolute atomic E-state index is 0.180. The lowest BCUT2D eigenvalue weighted by Crippen LogP contribution is -2.38. The Hall–Kier alpha value is -1.34. The first-order valence-electron chi connectivity index (χ1n) is 7.84. The van der Waals surface area contributed by atoms with Crippen molar-refractivity contribution in [3.8, 4) is 0 Å². The van der Waals surface area contributed by atoms with Gasteiger partial charge < -0.3 is 30.8 Å². The molecule has 5 N–H and O–H groups in total. The van der Waals surface area contributed by atoms with Crippen LogP contribution in [0.15, 0.2) is 18.2 Å². The van der Waals surface area contributed by atoms with Crippen LogP contribution in [0.3, 0.4) is 0 Å². The molecule has 0 radical (unpaired) electrons. The molecular formula is C17H30N2O4. The fraction of sp³-hybridized carbons (Fsp3) is 0.647. The van der Waals surface area contributed by atoms with E-state index in [4.69, 9.17) is 25.7 Å². The first-order valence-corrected chi connectivity index (χ1v) is 7.84. The molecule has 6 heteroatoms. The maximum atomic E-state index is 9.18. The van der Waals surface area contributed by atoms with Crippen molar-refractivity contribution in [1.82, 2.24) is 0 Å². The largest absolute Gasteiger partial charge is 0.399 e. The van der Waals surface area contributed by atoms with Crippen molar-refractivity contribution in [2.75, 3.05) is 11.5 Å². The van der Waals surface area contributed by atoms with Gasteiger partial charge in [-0.25, -0.2) is 0 Å². The van der Waals surface area contributed by atoms with Crippen LogP contribution in [-0.4, -0.2) is 30.1 Å². The van der Waals surface area contributed by atoms with Gasteiger partial charge in [0.15, 0.2) is 18.9 Å². The van der Waals surface area contributed by atoms with E-state index >= 15 is 0 Å². The molecule has 0 heterocycles. The van der Waals surface area contributed by atoms with Crippen LogP contribution in [0.2, 0.25) is 0 Å². The summed E-state index contributed by atoms with van der Waals surface area (Å²) in [7, 11) is 0. The van der Waals surface area contributed by atoms with Gasteiger partial charge in [0.1, 0.15) is 0 Å². The zero-order valence-corrected chi connectivity index (χ0v) is 14.9. The SMILES string of the molecule is CC(O)OC(C)OC(C)OC(C)C(C)(C)c1cc(N)ccc1N. The summed E-state index contributed by atoms with van der Waals surface area (Å²) in [6.45, 7) is 11.1. The second-order valence-electron chi connectivity index (χ2n) is 6.35. The Morgan fingerprint density at radius 2 is 1.52 bits per heavy atom. The van der Waals surface area contributed by atoms with Crippen molar-refractivity contribution in [2.24, 2.45) is 0 Å². The zero-order valence-electron chi connectivity index (χ0n) is 14.9. The summed E-state index contributed by atoms with van der Waals surface area (Å²) in [5.74, 6) is 0. The highest BCUT2D eigenvalue weighted by atomic mass is 16.8. The summed E-state index contributed by atoms with van der Waals surface area (Å²) in [4.78, 5) is 0. The van der Waals surface area contributed by atoms with E-state index in [2.05, 4.69) is 0 Å². The molecule has 0 saturated carbocycles. The number of anilines is 2. The molecule has 0 fully saturated rings. The highest BCUT2D eigenvalue weighted by Crippen LogP contribution is 2.34. The fourth-order valence-corrected chi connectivity index (χ4v) is 2.42. The Morgan fingerprint density at radius 1 is 0.957 bits per heavy atom. The molecule has 4 atom stereocenters. The molecule has 132 valence electrons. The van der Waals surface area contributed by atoms with Crippen LogP contribution in [0.5, 0.6) is 0 Å². The Kier molecular flexibility index (Phi) is 6.83. The molecule has 6 nitrogen and oxygen atoms in total. The van der Waals surface area contributed by atoms with Gasteiger partial charge in [-0.3, -0.25) is 0 Å². The molecule has 1 aromatic rings. The molecule has 0 aliphatic heterocycles. The van der Waals surface area contributed by atoms with Crippen LogP contribution in [-0.2, 0) is 19.6 Å². The fourth-order valence-electron chi connectivity index (χ4n) is 2.42. The molecule has 1 aromatic carbocycles. The van der Waals surface area contributed by atoms with Crippen molar-refractivity contribution < 1.29 is 19.3 Å². The number of nitrogen functional groups attached to an aromatic ring is 2. The lowest BCUT2D eigenvalue weighted by Gasteiger charge is -2.35. The van der Waals surface area contributed by atoms with E-state index in [1.165, 1.54) is 6.92 Å². The van der Waals surface area contributed by atoms with Gasteiger partial charge in [-0.2, -0.15) is 0 Å². The third kappa shape index (κ3) is 5.66. The van der Waals surface area contributed by atoms with Crippen molar-refractivity contribution in [3.63, 3.8) is 0 Å². The predicted octanol–water partition coefficient (Wildman–Crippen LogP) is 2.60. The summed E-state index contributed by atoms with van der Waals surface area (Å²) in [5.41, 5.74) is 13.9. The topological polar surface area (TPSA) is 100.0 Å². The number of benzene rings is 1. The van der Waals surface area contributed by atoms with E-state index < -0.39 is 18.9 Å². The van der Waals surface area contributed by atoms with Crippen molar-refractivity contribution in [1.29, 1.82) is 0 Å². The van der Waals surface area contributed by atoms with E-state index in [1.807, 2.05) is 26.8 Å². The molecule has 0 spiro atoms. The molecule has 0 aliphatic rings. The van der Waals surface area contributed by atoms with Crippen LogP contribution in [0, 0.1) is 0 Å². The second kappa shape index (κ2) is 7.97. The zero-order chi connectivity index (χ0) is 17.8. The quantitative estimate of drug-likeness (QED) is 0.501. The average molecular weight is 326 g/mol. The molecule has 23 heavy (non-hydrogen) atoms. The van der Waals surface area contributed by atoms with Gasteiger partial charge in [0.25, 0.3) is 0 Å². The molecule has 1 rings (SSSR count). The van der Waals surface area contributed by atoms with E-state index in [-0.39, 0.29) is 11.5 Å². The van der Waals surface area contributed by atoms with Gasteiger partial charge in [-0.1, -0.05) is 13.8 Å². The van der Waals surface area contributed by atoms with Gasteiger partial charge in [0.05, 0.1) is 6.10 Å². The van der Waals surface area contributed by atoms with Crippen LogP contribution in [0.4, 0.5) is 11.4 Å². The second-order valence-corrected chi connectivity index (χ2v) is 6.35. The van der Waals surface area contributed by atoms with Gasteiger partial charge in [0.2, 0.25) is 0 Å². The van der Waals surface area contributed by atoms with Crippen LogP contribution in [0.25, 0.3) is 0 Å². The third-order valence-electron chi connectivity index (χ3n) is 3.96. The highest BCUT2D eigenvalue weighted by molar-refractivity contribution is 5.58. The lowest BCUT2D eigenvalue weighted by molar-refractivity contribution is -0.280. The molecule has 0 aliphatic carbocycles. The molecular weight excluding hydrogens is 296 g/mol. The Morgan fingerprint density at radius 3 is 2.09 bits per heavy atom. The number of aliphatic hydroxyl groups excluding tert-OH is 1. The minimum Gasteiger partial charge on any atom is -0.399 e. The number of ether oxygens (including phenoxy) is 3. The maximum absolute atomic E-state index is 9.18. The minimum atomic E-state index is -0.891. The van der Waals surface area contributed by atoms with Gasteiger partial charge >= 0.3 is 0 Å². The van der Waals surface area contributed by atoms with Crippen LogP contribution >= 0.6 is 0 Å². The lowest BCUT2D eigenvalue weighted by atomic mass is 9.79. The maximum Gasteiger partial charge on any atom is 0.161 e. The number of aliphatic hydroxyl groups is 1. The predicted molar refractivity (Wildman–Crippen MR) is 91.6 cm³/mol. The molecule has 0 aromatic heterocycles. The Bertz CT molecular complexity index is 505. The van der Waals surface area contributed by atoms with Gasteiger partial charge in [-0.15, -0.1) is 0 Å². The van der Waals surface area contributed by atoms with Crippen molar-refractivity contribution >= 4 is 11.4 Å². The number of hydrogen-bond donors (Lipinski definition) is 3. The number of rotatable bonds is 8. The standard InChI is InChI=1S/C17H30N2O4/c1-10(21-12(3)23-13(4)22-11(2)20)17(5,6)15-9-14(18)7-8-16(15)19/h7-13,20H,18-19H2,1-6H3. The summed E-state index contributed by atoms with van der Waals surface area (Å²) >= 11 is 0. The monoisotopic (exact) mass is 326 g/mol. The molecule has 0 saturated heterocycles. The van der Waals surface area contributed by atoms with E-state index in [9.17, 15) is 5.11 Å². The Balaban J connectivity index is 2.75. The third-order valence-corrected chi connectivity index (χ3v) is 3.96. The first-order chi connectivity index (χ1) is 10.5. The first kappa shape index (κ1) is 19.7. The average Bonchev–Trinajstić information content (AvgIpc) is 2.39. The van der Waals surface area contributed by atoms with Gasteiger partial charge in [-0.05, 0) is 51.5 Å². The number of nitrogens with two attached hydrogens (primary N) is 2. The summed E-state index contributed by atoms with van der Waals surface area (Å²) in [6.07, 6.45) is -2.14. The van der Waals surface area contributed by atoms with Gasteiger partial charge in [0, 0.05) is 16.8 Å². The van der Waals surface area contributed by atoms with E-state index in [0.717, 1.165) is 5.56 Å². The van der Waals surface area contributed by atoms with Crippen molar-refractivity contribution in [3.05, 3.63) is 23.8 Å². The molecule has 4 unspecified atom stereocenters. The van der Waals surface area contributed by atoms with E-state index in [1.54, 1.807) is 26.0 Å². The Labute approximate surface area is 138 Å². The summed E-state index contributed by atoms with van der Waals surface area (Å²) < 4.78 is 16.6. The normalized spacial score (nSPS) is 17.5. The van der Waals surface area contributed by atoms with Crippen molar-refractivity contribution in [2.45, 2.75) is 71.9 Å². The van der Waals surface area contributed by atoms with E-state index in [0.29, 0.717) is 11.4 Å². The molecule has 0 bridgehead atoms. The smallest absolute Gasteiger partial charge is 0.161 e. The molecule has 0 amide bonds.